The van der Waals surface area contributed by atoms with Gasteiger partial charge in [-0.15, -0.1) is 0 Å². The zero-order chi connectivity index (χ0) is 5.49. The van der Waals surface area contributed by atoms with Gasteiger partial charge in [0.05, 0.1) is 0 Å². The van der Waals surface area contributed by atoms with E-state index in [4.69, 9.17) is 0 Å². The minimum atomic E-state index is -3.53. The van der Waals surface area contributed by atoms with Gasteiger partial charge in [0.2, 0.25) is 0 Å². The summed E-state index contributed by atoms with van der Waals surface area (Å²) < 4.78 is 27.9. The van der Waals surface area contributed by atoms with Crippen molar-refractivity contribution in [1.82, 2.24) is 0 Å². The minimum Gasteiger partial charge on any atom is -0.412 e. The molecule has 6 heteroatoms. The molecule has 0 aromatic carbocycles. The quantitative estimate of drug-likeness (QED) is 0.425. The van der Waals surface area contributed by atoms with E-state index in [2.05, 4.69) is 8.37 Å². The van der Waals surface area contributed by atoms with E-state index in [1.807, 2.05) is 0 Å². The van der Waals surface area contributed by atoms with Crippen molar-refractivity contribution < 1.29 is 22.3 Å². The van der Waals surface area contributed by atoms with Crippen molar-refractivity contribution in [3.05, 3.63) is 0 Å². The Morgan fingerprint density at radius 1 is 1.38 bits per heavy atom. The predicted octanol–water partition coefficient (Wildman–Crippen LogP) is -1.20. The average Bonchev–Trinajstić information content (AvgIpc) is 1.27. The molecule has 0 bridgehead atoms. The first-order valence-corrected chi connectivity index (χ1v) is 3.05. The molecule has 1 rings (SSSR count). The van der Waals surface area contributed by atoms with Crippen LogP contribution in [0.15, 0.2) is 0 Å². The summed E-state index contributed by atoms with van der Waals surface area (Å²) in [4.78, 5) is 0. The van der Waals surface area contributed by atoms with E-state index in [-0.39, 0.29) is 5.48 Å². The van der Waals surface area contributed by atoms with Gasteiger partial charge in [-0.3, -0.25) is 0 Å². The van der Waals surface area contributed by atoms with Gasteiger partial charge in [0.1, 0.15) is 0 Å². The van der Waals surface area contributed by atoms with Crippen molar-refractivity contribution in [3.8, 4) is 0 Å². The monoisotopic (exact) mass is 142 g/mol. The molecule has 0 aromatic rings. The van der Waals surface area contributed by atoms with Crippen LogP contribution in [0.25, 0.3) is 0 Å². The molecular formula is C2H6O5S. The van der Waals surface area contributed by atoms with Crippen molar-refractivity contribution in [1.29, 1.82) is 0 Å². The molecule has 1 saturated heterocycles. The van der Waals surface area contributed by atoms with Crippen LogP contribution in [0.4, 0.5) is 0 Å². The molecule has 8 heavy (non-hydrogen) atoms. The van der Waals surface area contributed by atoms with Gasteiger partial charge in [-0.1, -0.05) is 0 Å². The smallest absolute Gasteiger partial charge is 0.404 e. The highest BCUT2D eigenvalue weighted by molar-refractivity contribution is 7.82. The molecule has 1 aliphatic rings. The fourth-order valence-electron chi connectivity index (χ4n) is 0.339. The third-order valence-corrected chi connectivity index (χ3v) is 1.52. The lowest BCUT2D eigenvalue weighted by atomic mass is 10.8. The molecule has 0 amide bonds. The largest absolute Gasteiger partial charge is 0.412 e. The van der Waals surface area contributed by atoms with Crippen LogP contribution in [0.3, 0.4) is 0 Å². The lowest BCUT2D eigenvalue weighted by molar-refractivity contribution is -0.0642. The Balaban J connectivity index is 0.000000490. The first-order valence-electron chi connectivity index (χ1n) is 1.72. The summed E-state index contributed by atoms with van der Waals surface area (Å²) in [7, 11) is -3.53. The highest BCUT2D eigenvalue weighted by Gasteiger charge is 2.31. The Labute approximate surface area is 46.8 Å². The third-order valence-electron chi connectivity index (χ3n) is 0.507. The van der Waals surface area contributed by atoms with Crippen LogP contribution in [0.1, 0.15) is 6.92 Å². The molecule has 0 saturated carbocycles. The fourth-order valence-corrected chi connectivity index (χ4v) is 1.02. The van der Waals surface area contributed by atoms with Crippen molar-refractivity contribution in [2.24, 2.45) is 0 Å². The molecule has 0 spiro atoms. The molecule has 50 valence electrons. The van der Waals surface area contributed by atoms with Crippen LogP contribution < -0.4 is 0 Å². The van der Waals surface area contributed by atoms with Gasteiger partial charge in [0, 0.05) is 0 Å². The highest BCUT2D eigenvalue weighted by Crippen LogP contribution is 2.15. The molecule has 1 aliphatic heterocycles. The molecule has 5 nitrogen and oxygen atoms in total. The summed E-state index contributed by atoms with van der Waals surface area (Å²) in [5, 5.41) is 0. The predicted molar refractivity (Wildman–Crippen MR) is 24.2 cm³/mol. The molecule has 0 atom stereocenters. The first-order chi connectivity index (χ1) is 3.10. The Kier molecular flexibility index (Phi) is 1.94. The summed E-state index contributed by atoms with van der Waals surface area (Å²) in [6.07, 6.45) is -0.579. The van der Waals surface area contributed by atoms with Gasteiger partial charge >= 0.3 is 10.4 Å². The van der Waals surface area contributed by atoms with E-state index in [0.29, 0.717) is 0 Å². The summed E-state index contributed by atoms with van der Waals surface area (Å²) in [6, 6.07) is 0. The Morgan fingerprint density at radius 2 is 1.75 bits per heavy atom. The van der Waals surface area contributed by atoms with Crippen LogP contribution >= 0.6 is 0 Å². The van der Waals surface area contributed by atoms with Crippen LogP contribution in [-0.4, -0.2) is 20.2 Å². The van der Waals surface area contributed by atoms with E-state index in [1.54, 1.807) is 0 Å². The standard InChI is InChI=1S/C2H4O4S.H2O/c1-2-5-7(3,4)6-2;/h2H,1H3;1H2. The topological polar surface area (TPSA) is 84.1 Å². The van der Waals surface area contributed by atoms with Gasteiger partial charge in [-0.2, -0.15) is 8.42 Å². The molecule has 2 N–H and O–H groups in total. The molecule has 1 fully saturated rings. The molecule has 1 heterocycles. The maximum Gasteiger partial charge on any atom is 0.404 e. The van der Waals surface area contributed by atoms with Crippen LogP contribution in [0.5, 0.6) is 0 Å². The fraction of sp³-hybridized carbons (Fsp3) is 1.00. The van der Waals surface area contributed by atoms with E-state index in [0.717, 1.165) is 0 Å². The van der Waals surface area contributed by atoms with Crippen molar-refractivity contribution in [3.63, 3.8) is 0 Å². The van der Waals surface area contributed by atoms with Gasteiger partial charge in [-0.25, -0.2) is 8.37 Å². The summed E-state index contributed by atoms with van der Waals surface area (Å²) in [5.74, 6) is 0. The Morgan fingerprint density at radius 3 is 1.75 bits per heavy atom. The maximum atomic E-state index is 9.85. The summed E-state index contributed by atoms with van der Waals surface area (Å²) >= 11 is 0. The third kappa shape index (κ3) is 1.41. The highest BCUT2D eigenvalue weighted by atomic mass is 32.3. The molecule has 0 radical (unpaired) electrons. The zero-order valence-electron chi connectivity index (χ0n) is 4.12. The van der Waals surface area contributed by atoms with Crippen molar-refractivity contribution in [2.45, 2.75) is 13.2 Å². The summed E-state index contributed by atoms with van der Waals surface area (Å²) in [6.45, 7) is 1.50. The van der Waals surface area contributed by atoms with E-state index < -0.39 is 16.7 Å². The zero-order valence-corrected chi connectivity index (χ0v) is 4.94. The first kappa shape index (κ1) is 7.83. The molecule has 0 unspecified atom stereocenters. The molecule has 0 aliphatic carbocycles. The second-order valence-electron chi connectivity index (χ2n) is 1.17. The number of hydrogen-bond acceptors (Lipinski definition) is 4. The van der Waals surface area contributed by atoms with Crippen LogP contribution in [0, 0.1) is 0 Å². The molecular weight excluding hydrogens is 136 g/mol. The number of rotatable bonds is 0. The average molecular weight is 142 g/mol. The van der Waals surface area contributed by atoms with Crippen molar-refractivity contribution >= 4 is 10.4 Å². The second kappa shape index (κ2) is 1.98. The normalized spacial score (nSPS) is 25.6. The van der Waals surface area contributed by atoms with E-state index >= 15 is 0 Å². The summed E-state index contributed by atoms with van der Waals surface area (Å²) in [5.41, 5.74) is 0. The Bertz CT molecular complexity index is 145. The Hall–Kier alpha value is -0.170. The SMILES string of the molecule is CC1OS(=O)(=O)O1.O. The second-order valence-corrected chi connectivity index (χ2v) is 2.37. The van der Waals surface area contributed by atoms with E-state index in [9.17, 15) is 8.42 Å². The lowest BCUT2D eigenvalue weighted by Crippen LogP contribution is -2.33. The van der Waals surface area contributed by atoms with Crippen LogP contribution in [0.2, 0.25) is 0 Å². The van der Waals surface area contributed by atoms with Gasteiger partial charge in [0.25, 0.3) is 0 Å². The van der Waals surface area contributed by atoms with Gasteiger partial charge < -0.3 is 5.48 Å². The maximum absolute atomic E-state index is 9.85. The lowest BCUT2D eigenvalue weighted by Gasteiger charge is -2.20. The van der Waals surface area contributed by atoms with Crippen LogP contribution in [-0.2, 0) is 18.8 Å². The van der Waals surface area contributed by atoms with E-state index in [1.165, 1.54) is 6.92 Å². The van der Waals surface area contributed by atoms with Gasteiger partial charge in [0.15, 0.2) is 6.29 Å². The van der Waals surface area contributed by atoms with Crippen molar-refractivity contribution in [2.75, 3.05) is 0 Å². The molecule has 0 aromatic heterocycles. The minimum absolute atomic E-state index is 0. The van der Waals surface area contributed by atoms with Gasteiger partial charge in [-0.05, 0) is 6.92 Å². The number of hydrogen-bond donors (Lipinski definition) is 0.